The number of benzene rings is 1. The normalized spacial score (nSPS) is 10.8. The van der Waals surface area contributed by atoms with Crippen molar-refractivity contribution < 1.29 is 14.8 Å². The van der Waals surface area contributed by atoms with E-state index in [9.17, 15) is 10.0 Å². The third kappa shape index (κ3) is 3.83. The van der Waals surface area contributed by atoms with Crippen molar-refractivity contribution in [3.05, 3.63) is 46.2 Å². The molecule has 106 valence electrons. The van der Waals surface area contributed by atoms with Gasteiger partial charge in [0.15, 0.2) is 0 Å². The molecule has 1 heterocycles. The number of rotatable bonds is 6. The van der Waals surface area contributed by atoms with Crippen molar-refractivity contribution >= 4 is 23.9 Å². The molecule has 0 amide bonds. The Bertz CT molecular complexity index is 545. The summed E-state index contributed by atoms with van der Waals surface area (Å²) in [6, 6.07) is 7.36. The molecule has 4 nitrogen and oxygen atoms in total. The molecule has 1 aromatic heterocycles. The third-order valence-corrected chi connectivity index (χ3v) is 3.83. The fourth-order valence-corrected chi connectivity index (χ4v) is 2.80. The lowest BCUT2D eigenvalue weighted by molar-refractivity contribution is 0.318. The smallest absolute Gasteiger partial charge is 0.488 e. The fourth-order valence-electron chi connectivity index (χ4n) is 2.14. The summed E-state index contributed by atoms with van der Waals surface area (Å²) in [5, 5.41) is 23.0. The van der Waals surface area contributed by atoms with E-state index in [1.807, 2.05) is 13.1 Å². The molecule has 2 N–H and O–H groups in total. The summed E-state index contributed by atoms with van der Waals surface area (Å²) in [6.45, 7) is 1.45. The first-order valence-electron chi connectivity index (χ1n) is 6.32. The molecular weight excluding hydrogens is 273 g/mol. The van der Waals surface area contributed by atoms with Crippen LogP contribution in [0.15, 0.2) is 35.0 Å². The predicted octanol–water partition coefficient (Wildman–Crippen LogP) is 1.07. The average molecular weight is 291 g/mol. The van der Waals surface area contributed by atoms with Gasteiger partial charge in [-0.3, -0.25) is 4.90 Å². The van der Waals surface area contributed by atoms with Gasteiger partial charge in [0.05, 0.1) is 7.11 Å². The van der Waals surface area contributed by atoms with Gasteiger partial charge in [-0.25, -0.2) is 0 Å². The molecule has 0 atom stereocenters. The Morgan fingerprint density at radius 2 is 2.05 bits per heavy atom. The van der Waals surface area contributed by atoms with Gasteiger partial charge >= 0.3 is 7.12 Å². The van der Waals surface area contributed by atoms with Gasteiger partial charge in [0, 0.05) is 13.1 Å². The summed E-state index contributed by atoms with van der Waals surface area (Å²) in [5.41, 5.74) is 2.63. The van der Waals surface area contributed by atoms with E-state index in [4.69, 9.17) is 4.74 Å². The van der Waals surface area contributed by atoms with Crippen molar-refractivity contribution in [1.29, 1.82) is 0 Å². The molecule has 0 aliphatic heterocycles. The standard InChI is InChI=1S/C14H18BNO3S/c1-16(8-11-5-6-20-10-11)9-12-7-13(19-2)3-4-14(12)15(17)18/h3-7,10,17-18H,8-9H2,1-2H3. The highest BCUT2D eigenvalue weighted by Gasteiger charge is 2.17. The van der Waals surface area contributed by atoms with Gasteiger partial charge in [0.1, 0.15) is 5.75 Å². The van der Waals surface area contributed by atoms with Crippen LogP contribution in [0.25, 0.3) is 0 Å². The van der Waals surface area contributed by atoms with Gasteiger partial charge in [-0.2, -0.15) is 11.3 Å². The van der Waals surface area contributed by atoms with Gasteiger partial charge in [-0.05, 0) is 52.6 Å². The maximum atomic E-state index is 9.44. The van der Waals surface area contributed by atoms with E-state index in [1.165, 1.54) is 5.56 Å². The summed E-state index contributed by atoms with van der Waals surface area (Å²) in [7, 11) is 2.14. The lowest BCUT2D eigenvalue weighted by Crippen LogP contribution is -2.35. The Morgan fingerprint density at radius 1 is 1.25 bits per heavy atom. The van der Waals surface area contributed by atoms with Crippen molar-refractivity contribution in [2.75, 3.05) is 14.2 Å². The molecule has 1 aromatic carbocycles. The van der Waals surface area contributed by atoms with E-state index >= 15 is 0 Å². The van der Waals surface area contributed by atoms with Crippen LogP contribution in [0.1, 0.15) is 11.1 Å². The Kier molecular flexibility index (Phi) is 5.20. The molecule has 0 unspecified atom stereocenters. The van der Waals surface area contributed by atoms with Crippen LogP contribution in [0, 0.1) is 0 Å². The third-order valence-electron chi connectivity index (χ3n) is 3.10. The molecule has 20 heavy (non-hydrogen) atoms. The average Bonchev–Trinajstić information content (AvgIpc) is 2.90. The van der Waals surface area contributed by atoms with Crippen LogP contribution in [-0.4, -0.2) is 36.2 Å². The first-order valence-corrected chi connectivity index (χ1v) is 7.27. The van der Waals surface area contributed by atoms with E-state index in [0.717, 1.165) is 12.1 Å². The van der Waals surface area contributed by atoms with Gasteiger partial charge in [0.2, 0.25) is 0 Å². The Labute approximate surface area is 123 Å². The molecule has 0 spiro atoms. The minimum atomic E-state index is -1.47. The van der Waals surface area contributed by atoms with Crippen LogP contribution in [0.2, 0.25) is 0 Å². The molecule has 0 aliphatic rings. The SMILES string of the molecule is COc1ccc(B(O)O)c(CN(C)Cc2ccsc2)c1. The molecule has 6 heteroatoms. The van der Waals surface area contributed by atoms with E-state index in [2.05, 4.69) is 21.7 Å². The van der Waals surface area contributed by atoms with Crippen LogP contribution in [-0.2, 0) is 13.1 Å². The number of hydrogen-bond donors (Lipinski definition) is 2. The summed E-state index contributed by atoms with van der Waals surface area (Å²) in [6.07, 6.45) is 0. The van der Waals surface area contributed by atoms with Crippen molar-refractivity contribution in [1.82, 2.24) is 4.90 Å². The van der Waals surface area contributed by atoms with Crippen LogP contribution in [0.4, 0.5) is 0 Å². The molecule has 0 radical (unpaired) electrons. The summed E-state index contributed by atoms with van der Waals surface area (Å²) in [4.78, 5) is 2.13. The summed E-state index contributed by atoms with van der Waals surface area (Å²) >= 11 is 1.68. The zero-order valence-electron chi connectivity index (χ0n) is 11.6. The highest BCUT2D eigenvalue weighted by Crippen LogP contribution is 2.15. The first-order chi connectivity index (χ1) is 9.60. The fraction of sp³-hybridized carbons (Fsp3) is 0.286. The molecular formula is C14H18BNO3S. The number of methoxy groups -OCH3 is 1. The Balaban J connectivity index is 2.13. The molecule has 2 aromatic rings. The molecule has 2 rings (SSSR count). The van der Waals surface area contributed by atoms with Gasteiger partial charge in [-0.1, -0.05) is 6.07 Å². The van der Waals surface area contributed by atoms with Crippen LogP contribution in [0.5, 0.6) is 5.75 Å². The lowest BCUT2D eigenvalue weighted by Gasteiger charge is -2.19. The van der Waals surface area contributed by atoms with E-state index in [-0.39, 0.29) is 0 Å². The first kappa shape index (κ1) is 15.1. The second-order valence-electron chi connectivity index (χ2n) is 4.74. The Hall–Kier alpha value is -1.34. The summed E-state index contributed by atoms with van der Waals surface area (Å²) in [5.74, 6) is 0.716. The molecule has 0 aliphatic carbocycles. The molecule has 0 saturated carbocycles. The number of hydrogen-bond acceptors (Lipinski definition) is 5. The number of ether oxygens (including phenoxy) is 1. The zero-order chi connectivity index (χ0) is 14.5. The van der Waals surface area contributed by atoms with Gasteiger partial charge in [-0.15, -0.1) is 0 Å². The van der Waals surface area contributed by atoms with Gasteiger partial charge in [0.25, 0.3) is 0 Å². The highest BCUT2D eigenvalue weighted by molar-refractivity contribution is 7.07. The topological polar surface area (TPSA) is 52.9 Å². The van der Waals surface area contributed by atoms with Crippen LogP contribution >= 0.6 is 11.3 Å². The maximum absolute atomic E-state index is 9.44. The van der Waals surface area contributed by atoms with Crippen molar-refractivity contribution in [3.63, 3.8) is 0 Å². The molecule has 0 saturated heterocycles. The molecule has 0 fully saturated rings. The second-order valence-corrected chi connectivity index (χ2v) is 5.52. The second kappa shape index (κ2) is 6.90. The summed E-state index contributed by atoms with van der Waals surface area (Å²) < 4.78 is 5.20. The van der Waals surface area contributed by atoms with Crippen molar-refractivity contribution in [3.8, 4) is 5.75 Å². The molecule has 0 bridgehead atoms. The van der Waals surface area contributed by atoms with E-state index in [0.29, 0.717) is 17.8 Å². The maximum Gasteiger partial charge on any atom is 0.488 e. The zero-order valence-corrected chi connectivity index (χ0v) is 12.4. The monoisotopic (exact) mass is 291 g/mol. The highest BCUT2D eigenvalue weighted by atomic mass is 32.1. The minimum Gasteiger partial charge on any atom is -0.497 e. The van der Waals surface area contributed by atoms with Crippen LogP contribution in [0.3, 0.4) is 0 Å². The predicted molar refractivity (Wildman–Crippen MR) is 82.3 cm³/mol. The van der Waals surface area contributed by atoms with Gasteiger partial charge < -0.3 is 14.8 Å². The minimum absolute atomic E-state index is 0.517. The number of thiophene rings is 1. The van der Waals surface area contributed by atoms with E-state index in [1.54, 1.807) is 30.6 Å². The lowest BCUT2D eigenvalue weighted by atomic mass is 9.77. The number of nitrogens with zero attached hydrogens (tertiary/aromatic N) is 1. The van der Waals surface area contributed by atoms with Crippen molar-refractivity contribution in [2.24, 2.45) is 0 Å². The quantitative estimate of drug-likeness (QED) is 0.782. The van der Waals surface area contributed by atoms with E-state index < -0.39 is 7.12 Å². The Morgan fingerprint density at radius 3 is 2.65 bits per heavy atom. The largest absolute Gasteiger partial charge is 0.497 e. The van der Waals surface area contributed by atoms with Crippen molar-refractivity contribution in [2.45, 2.75) is 13.1 Å². The van der Waals surface area contributed by atoms with Crippen LogP contribution < -0.4 is 10.2 Å².